The van der Waals surface area contributed by atoms with E-state index in [4.69, 9.17) is 23.2 Å². The van der Waals surface area contributed by atoms with Crippen molar-refractivity contribution in [1.29, 1.82) is 0 Å². The Labute approximate surface area is 244 Å². The molecule has 7 nitrogen and oxygen atoms in total. The minimum atomic E-state index is -4.26. The van der Waals surface area contributed by atoms with Gasteiger partial charge in [-0.25, -0.2) is 12.8 Å². The molecule has 0 heterocycles. The second-order valence-corrected chi connectivity index (χ2v) is 12.1. The third kappa shape index (κ3) is 7.96. The third-order valence-electron chi connectivity index (χ3n) is 6.22. The molecule has 0 aliphatic rings. The average molecular weight is 609 g/mol. The van der Waals surface area contributed by atoms with E-state index in [9.17, 15) is 22.4 Å². The zero-order chi connectivity index (χ0) is 29.4. The van der Waals surface area contributed by atoms with Gasteiger partial charge in [-0.15, -0.1) is 0 Å². The van der Waals surface area contributed by atoms with Crippen LogP contribution in [0.4, 0.5) is 10.1 Å². The Morgan fingerprint density at radius 2 is 1.55 bits per heavy atom. The van der Waals surface area contributed by atoms with E-state index >= 15 is 0 Å². The number of amides is 2. The third-order valence-corrected chi connectivity index (χ3v) is 8.45. The lowest BCUT2D eigenvalue weighted by atomic mass is 10.1. The van der Waals surface area contributed by atoms with Gasteiger partial charge in [0, 0.05) is 23.1 Å². The highest BCUT2D eigenvalue weighted by Crippen LogP contribution is 2.30. The molecule has 2 amide bonds. The smallest absolute Gasteiger partial charge is 0.264 e. The van der Waals surface area contributed by atoms with Gasteiger partial charge in [0.15, 0.2) is 0 Å². The van der Waals surface area contributed by atoms with Crippen LogP contribution in [0.25, 0.3) is 0 Å². The summed E-state index contributed by atoms with van der Waals surface area (Å²) in [6.45, 7) is 5.25. The van der Waals surface area contributed by atoms with Crippen LogP contribution >= 0.6 is 23.2 Å². The molecule has 3 aromatic rings. The van der Waals surface area contributed by atoms with E-state index < -0.39 is 34.3 Å². The van der Waals surface area contributed by atoms with Gasteiger partial charge in [0.05, 0.1) is 10.6 Å². The number of hydrogen-bond donors (Lipinski definition) is 1. The minimum absolute atomic E-state index is 0.0280. The van der Waals surface area contributed by atoms with Gasteiger partial charge < -0.3 is 10.2 Å². The number of carbonyl (C=O) groups excluding carboxylic acids is 2. The molecule has 0 aliphatic heterocycles. The fourth-order valence-electron chi connectivity index (χ4n) is 4.12. The molecule has 0 fully saturated rings. The second kappa shape index (κ2) is 14.0. The number of nitrogens with zero attached hydrogens (tertiary/aromatic N) is 2. The Balaban J connectivity index is 2.08. The van der Waals surface area contributed by atoms with Crippen molar-refractivity contribution < 1.29 is 22.4 Å². The van der Waals surface area contributed by atoms with Crippen LogP contribution in [0.15, 0.2) is 71.6 Å². The van der Waals surface area contributed by atoms with E-state index in [1.807, 2.05) is 13.8 Å². The fraction of sp³-hybridized carbons (Fsp3) is 0.310. The Morgan fingerprint density at radius 3 is 2.10 bits per heavy atom. The van der Waals surface area contributed by atoms with Crippen molar-refractivity contribution in [2.75, 3.05) is 17.4 Å². The largest absolute Gasteiger partial charge is 0.354 e. The monoisotopic (exact) mass is 607 g/mol. The van der Waals surface area contributed by atoms with Crippen LogP contribution in [0.5, 0.6) is 0 Å². The first-order valence-corrected chi connectivity index (χ1v) is 15.0. The molecule has 0 saturated heterocycles. The van der Waals surface area contributed by atoms with Gasteiger partial charge in [0.1, 0.15) is 18.4 Å². The quantitative estimate of drug-likeness (QED) is 0.275. The van der Waals surface area contributed by atoms with Crippen LogP contribution in [0, 0.1) is 12.7 Å². The van der Waals surface area contributed by atoms with E-state index in [0.29, 0.717) is 18.5 Å². The predicted molar refractivity (Wildman–Crippen MR) is 157 cm³/mol. The van der Waals surface area contributed by atoms with Crippen LogP contribution < -0.4 is 9.62 Å². The zero-order valence-corrected chi connectivity index (χ0v) is 24.9. The summed E-state index contributed by atoms with van der Waals surface area (Å²) < 4.78 is 42.3. The summed E-state index contributed by atoms with van der Waals surface area (Å²) in [6, 6.07) is 15.2. The number of carbonyl (C=O) groups is 2. The Bertz CT molecular complexity index is 1410. The van der Waals surface area contributed by atoms with Crippen molar-refractivity contribution in [1.82, 2.24) is 10.2 Å². The summed E-state index contributed by atoms with van der Waals surface area (Å²) in [4.78, 5) is 28.4. The molecular formula is C29H32Cl2FN3O4S. The standard InChI is InChI=1S/C29H32Cl2FN3O4S/c1-4-14-33-29(37)27(5-2)34(18-21-8-10-24(32)11-9-21)28(36)19-35(25-16-22(30)15-23(31)17-25)40(38,39)26-12-6-20(3)7-13-26/h6-13,15-17,27H,4-5,14,18-19H2,1-3H3,(H,33,37). The summed E-state index contributed by atoms with van der Waals surface area (Å²) in [5, 5.41) is 3.19. The molecular weight excluding hydrogens is 576 g/mol. The van der Waals surface area contributed by atoms with Gasteiger partial charge in [0.25, 0.3) is 10.0 Å². The summed E-state index contributed by atoms with van der Waals surface area (Å²) in [5.74, 6) is -1.43. The molecule has 0 aliphatic carbocycles. The highest BCUT2D eigenvalue weighted by Gasteiger charge is 2.33. The van der Waals surface area contributed by atoms with Crippen LogP contribution in [0.1, 0.15) is 37.8 Å². The maximum atomic E-state index is 14.0. The Morgan fingerprint density at radius 1 is 0.950 bits per heavy atom. The molecule has 0 saturated carbocycles. The molecule has 214 valence electrons. The van der Waals surface area contributed by atoms with E-state index in [-0.39, 0.29) is 39.5 Å². The number of aryl methyl sites for hydroxylation is 1. The molecule has 0 radical (unpaired) electrons. The SMILES string of the molecule is CCCNC(=O)C(CC)N(Cc1ccc(F)cc1)C(=O)CN(c1cc(Cl)cc(Cl)c1)S(=O)(=O)c1ccc(C)cc1. The number of hydrogen-bond acceptors (Lipinski definition) is 4. The molecule has 1 N–H and O–H groups in total. The first-order valence-electron chi connectivity index (χ1n) is 12.8. The lowest BCUT2D eigenvalue weighted by Crippen LogP contribution is -2.52. The predicted octanol–water partition coefficient (Wildman–Crippen LogP) is 5.97. The minimum Gasteiger partial charge on any atom is -0.354 e. The van der Waals surface area contributed by atoms with E-state index in [1.165, 1.54) is 59.5 Å². The number of rotatable bonds is 12. The molecule has 40 heavy (non-hydrogen) atoms. The zero-order valence-electron chi connectivity index (χ0n) is 22.5. The molecule has 0 aromatic heterocycles. The number of anilines is 1. The Kier molecular flexibility index (Phi) is 11.0. The molecule has 11 heteroatoms. The van der Waals surface area contributed by atoms with Crippen molar-refractivity contribution in [2.45, 2.75) is 51.1 Å². The van der Waals surface area contributed by atoms with Gasteiger partial charge in [-0.1, -0.05) is 66.9 Å². The van der Waals surface area contributed by atoms with Gasteiger partial charge in [-0.3, -0.25) is 13.9 Å². The average Bonchev–Trinajstić information content (AvgIpc) is 2.91. The topological polar surface area (TPSA) is 86.8 Å². The van der Waals surface area contributed by atoms with E-state index in [0.717, 1.165) is 9.87 Å². The lowest BCUT2D eigenvalue weighted by molar-refractivity contribution is -0.140. The van der Waals surface area contributed by atoms with Crippen molar-refractivity contribution >= 4 is 50.7 Å². The van der Waals surface area contributed by atoms with Crippen molar-refractivity contribution in [3.63, 3.8) is 0 Å². The van der Waals surface area contributed by atoms with Gasteiger partial charge in [0.2, 0.25) is 11.8 Å². The van der Waals surface area contributed by atoms with Crippen LogP contribution in [-0.2, 0) is 26.2 Å². The molecule has 1 unspecified atom stereocenters. The van der Waals surface area contributed by atoms with Crippen LogP contribution in [0.3, 0.4) is 0 Å². The molecule has 0 spiro atoms. The highest BCUT2D eigenvalue weighted by atomic mass is 35.5. The van der Waals surface area contributed by atoms with Crippen molar-refractivity contribution in [2.24, 2.45) is 0 Å². The lowest BCUT2D eigenvalue weighted by Gasteiger charge is -2.33. The van der Waals surface area contributed by atoms with Gasteiger partial charge in [-0.05, 0) is 67.8 Å². The summed E-state index contributed by atoms with van der Waals surface area (Å²) in [7, 11) is -4.26. The van der Waals surface area contributed by atoms with Gasteiger partial charge >= 0.3 is 0 Å². The van der Waals surface area contributed by atoms with E-state index in [2.05, 4.69) is 5.32 Å². The normalized spacial score (nSPS) is 12.1. The summed E-state index contributed by atoms with van der Waals surface area (Å²) in [5.41, 5.74) is 1.54. The van der Waals surface area contributed by atoms with E-state index in [1.54, 1.807) is 19.1 Å². The second-order valence-electron chi connectivity index (χ2n) is 9.32. The van der Waals surface area contributed by atoms with Crippen molar-refractivity contribution in [3.05, 3.63) is 93.7 Å². The number of halogens is 3. The number of sulfonamides is 1. The fourth-order valence-corrected chi connectivity index (χ4v) is 6.03. The summed E-state index contributed by atoms with van der Waals surface area (Å²) in [6.07, 6.45) is 0.975. The van der Waals surface area contributed by atoms with Crippen LogP contribution in [0.2, 0.25) is 10.0 Å². The molecule has 3 rings (SSSR count). The van der Waals surface area contributed by atoms with Crippen LogP contribution in [-0.4, -0.2) is 44.3 Å². The maximum absolute atomic E-state index is 14.0. The first-order chi connectivity index (χ1) is 19.0. The Hall–Kier alpha value is -3.14. The molecule has 1 atom stereocenters. The van der Waals surface area contributed by atoms with Crippen molar-refractivity contribution in [3.8, 4) is 0 Å². The number of benzene rings is 3. The maximum Gasteiger partial charge on any atom is 0.264 e. The first kappa shape index (κ1) is 31.4. The number of nitrogens with one attached hydrogen (secondary N) is 1. The van der Waals surface area contributed by atoms with Gasteiger partial charge in [-0.2, -0.15) is 0 Å². The summed E-state index contributed by atoms with van der Waals surface area (Å²) >= 11 is 12.4. The molecule has 0 bridgehead atoms. The highest BCUT2D eigenvalue weighted by molar-refractivity contribution is 7.92. The molecule has 3 aromatic carbocycles.